The summed E-state index contributed by atoms with van der Waals surface area (Å²) < 4.78 is 27.3. The molecule has 4 heteroatoms. The first kappa shape index (κ1) is 9.07. The second-order valence-corrected chi connectivity index (χ2v) is 1.46. The van der Waals surface area contributed by atoms with E-state index in [1.54, 1.807) is 6.92 Å². The van der Waals surface area contributed by atoms with Gasteiger partial charge in [0.1, 0.15) is 0 Å². The van der Waals surface area contributed by atoms with Crippen molar-refractivity contribution in [1.82, 2.24) is 0 Å². The Bertz CT molecular complexity index is 132. The Balaban J connectivity index is 3.56. The Morgan fingerprint density at radius 1 is 1.70 bits per heavy atom. The molecule has 0 saturated heterocycles. The fraction of sp³-hybridized carbons (Fsp3) is 0.500. The third-order valence-corrected chi connectivity index (χ3v) is 0.710. The lowest BCUT2D eigenvalue weighted by atomic mass is 10.4. The van der Waals surface area contributed by atoms with E-state index in [0.717, 1.165) is 6.26 Å². The predicted molar refractivity (Wildman–Crippen MR) is 31.8 cm³/mol. The smallest absolute Gasteiger partial charge is 0.300 e. The molecule has 0 aromatic rings. The van der Waals surface area contributed by atoms with Gasteiger partial charge in [0.05, 0.1) is 12.9 Å². The summed E-state index contributed by atoms with van der Waals surface area (Å²) in [5.74, 6) is -1.23. The number of hydrogen-bond donors (Lipinski definition) is 0. The van der Waals surface area contributed by atoms with Gasteiger partial charge in [0.25, 0.3) is 6.43 Å². The lowest BCUT2D eigenvalue weighted by molar-refractivity contribution is -0.124. The number of alkyl halides is 2. The van der Waals surface area contributed by atoms with Gasteiger partial charge in [0.2, 0.25) is 5.78 Å². The highest BCUT2D eigenvalue weighted by Gasteiger charge is 2.10. The zero-order valence-electron chi connectivity index (χ0n) is 5.51. The zero-order valence-corrected chi connectivity index (χ0v) is 5.51. The van der Waals surface area contributed by atoms with Crippen LogP contribution in [0.1, 0.15) is 6.92 Å². The van der Waals surface area contributed by atoms with Crippen molar-refractivity contribution in [1.29, 1.82) is 0 Å². The highest BCUT2D eigenvalue weighted by molar-refractivity contribution is 5.91. The number of carbonyl (C=O) groups excluding carboxylic acids is 1. The number of hydrogen-bond acceptors (Lipinski definition) is 2. The highest BCUT2D eigenvalue weighted by atomic mass is 19.3. The molecule has 0 aliphatic rings. The van der Waals surface area contributed by atoms with E-state index in [1.165, 1.54) is 0 Å². The molecule has 0 unspecified atom stereocenters. The van der Waals surface area contributed by atoms with Gasteiger partial charge in [-0.1, -0.05) is 0 Å². The molecule has 0 aromatic heterocycles. The molecule has 0 amide bonds. The molecule has 0 fully saturated rings. The van der Waals surface area contributed by atoms with Crippen LogP contribution in [0.5, 0.6) is 0 Å². The summed E-state index contributed by atoms with van der Waals surface area (Å²) >= 11 is 0. The lowest BCUT2D eigenvalue weighted by Crippen LogP contribution is -2.05. The van der Waals surface area contributed by atoms with E-state index in [0.29, 0.717) is 12.7 Å². The van der Waals surface area contributed by atoms with E-state index in [2.05, 4.69) is 4.74 Å². The highest BCUT2D eigenvalue weighted by Crippen LogP contribution is 1.94. The van der Waals surface area contributed by atoms with Crippen molar-refractivity contribution < 1.29 is 18.3 Å². The normalized spacial score (nSPS) is 10.8. The van der Waals surface area contributed by atoms with Gasteiger partial charge < -0.3 is 4.74 Å². The molecule has 0 atom stereocenters. The van der Waals surface area contributed by atoms with E-state index < -0.39 is 12.2 Å². The summed E-state index contributed by atoms with van der Waals surface area (Å²) in [5.41, 5.74) is 0. The molecule has 10 heavy (non-hydrogen) atoms. The van der Waals surface area contributed by atoms with Crippen LogP contribution in [0.25, 0.3) is 0 Å². The summed E-state index contributed by atoms with van der Waals surface area (Å²) in [7, 11) is 0. The molecule has 0 bridgehead atoms. The van der Waals surface area contributed by atoms with E-state index in [-0.39, 0.29) is 0 Å². The van der Waals surface area contributed by atoms with Crippen LogP contribution in [0.15, 0.2) is 12.3 Å². The van der Waals surface area contributed by atoms with Crippen molar-refractivity contribution >= 4 is 5.78 Å². The molecule has 0 spiro atoms. The van der Waals surface area contributed by atoms with Gasteiger partial charge in [-0.2, -0.15) is 0 Å². The van der Waals surface area contributed by atoms with Crippen molar-refractivity contribution in [2.45, 2.75) is 13.3 Å². The third-order valence-electron chi connectivity index (χ3n) is 0.710. The number of halogens is 2. The monoisotopic (exact) mass is 150 g/mol. The zero-order chi connectivity index (χ0) is 7.98. The summed E-state index contributed by atoms with van der Waals surface area (Å²) in [5, 5.41) is 0. The van der Waals surface area contributed by atoms with Gasteiger partial charge in [-0.3, -0.25) is 4.79 Å². The Morgan fingerprint density at radius 2 is 2.30 bits per heavy atom. The average molecular weight is 150 g/mol. The molecule has 0 aliphatic carbocycles. The molecule has 58 valence electrons. The minimum absolute atomic E-state index is 0.368. The molecule has 0 N–H and O–H groups in total. The van der Waals surface area contributed by atoms with Crippen LogP contribution in [-0.4, -0.2) is 18.8 Å². The molecule has 0 aliphatic heterocycles. The summed E-state index contributed by atoms with van der Waals surface area (Å²) in [6.45, 7) is 2.06. The molecule has 0 saturated carbocycles. The Hall–Kier alpha value is -0.930. The van der Waals surface area contributed by atoms with Gasteiger partial charge in [-0.05, 0) is 6.92 Å². The number of ketones is 1. The fourth-order valence-corrected chi connectivity index (χ4v) is 0.284. The lowest BCUT2D eigenvalue weighted by Gasteiger charge is -1.91. The van der Waals surface area contributed by atoms with Crippen molar-refractivity contribution in [3.05, 3.63) is 12.3 Å². The van der Waals surface area contributed by atoms with Crippen LogP contribution in [0.4, 0.5) is 8.78 Å². The maximum Gasteiger partial charge on any atom is 0.300 e. The maximum atomic E-state index is 11.4. The quantitative estimate of drug-likeness (QED) is 0.447. The van der Waals surface area contributed by atoms with Crippen LogP contribution in [0.3, 0.4) is 0 Å². The van der Waals surface area contributed by atoms with Gasteiger partial charge >= 0.3 is 0 Å². The minimum atomic E-state index is -2.93. The van der Waals surface area contributed by atoms with E-state index in [4.69, 9.17) is 0 Å². The van der Waals surface area contributed by atoms with Crippen LogP contribution >= 0.6 is 0 Å². The van der Waals surface area contributed by atoms with Gasteiger partial charge in [0.15, 0.2) is 0 Å². The summed E-state index contributed by atoms with van der Waals surface area (Å²) in [6.07, 6.45) is -1.25. The predicted octanol–water partition coefficient (Wildman–Crippen LogP) is 1.37. The standard InChI is InChI=1S/C6H8F2O2/c1-2-10-4-3-5(9)6(7)8/h3-4,6H,2H2,1H3. The first-order chi connectivity index (χ1) is 4.68. The Morgan fingerprint density at radius 3 is 2.70 bits per heavy atom. The third kappa shape index (κ3) is 4.00. The van der Waals surface area contributed by atoms with Crippen LogP contribution in [-0.2, 0) is 9.53 Å². The minimum Gasteiger partial charge on any atom is -0.501 e. The van der Waals surface area contributed by atoms with Crippen molar-refractivity contribution in [2.24, 2.45) is 0 Å². The fourth-order valence-electron chi connectivity index (χ4n) is 0.284. The molecule has 0 rings (SSSR count). The largest absolute Gasteiger partial charge is 0.501 e. The van der Waals surface area contributed by atoms with Crippen molar-refractivity contribution in [3.8, 4) is 0 Å². The second-order valence-electron chi connectivity index (χ2n) is 1.46. The van der Waals surface area contributed by atoms with E-state index >= 15 is 0 Å². The maximum absolute atomic E-state index is 11.4. The van der Waals surface area contributed by atoms with Crippen LogP contribution < -0.4 is 0 Å². The topological polar surface area (TPSA) is 26.3 Å². The first-order valence-electron chi connectivity index (χ1n) is 2.78. The molecule has 0 heterocycles. The van der Waals surface area contributed by atoms with E-state index in [9.17, 15) is 13.6 Å². The number of rotatable bonds is 4. The first-order valence-corrected chi connectivity index (χ1v) is 2.78. The second kappa shape index (κ2) is 4.90. The molecular weight excluding hydrogens is 142 g/mol. The average Bonchev–Trinajstić information content (AvgIpc) is 1.88. The summed E-state index contributed by atoms with van der Waals surface area (Å²) in [6, 6.07) is 0. The number of carbonyl (C=O) groups is 1. The summed E-state index contributed by atoms with van der Waals surface area (Å²) in [4.78, 5) is 10.1. The molecule has 0 radical (unpaired) electrons. The number of allylic oxidation sites excluding steroid dienone is 1. The van der Waals surface area contributed by atoms with Crippen molar-refractivity contribution in [3.63, 3.8) is 0 Å². The van der Waals surface area contributed by atoms with Gasteiger partial charge in [0, 0.05) is 6.08 Å². The van der Waals surface area contributed by atoms with Crippen molar-refractivity contribution in [2.75, 3.05) is 6.61 Å². The van der Waals surface area contributed by atoms with Crippen LogP contribution in [0.2, 0.25) is 0 Å². The molecule has 0 aromatic carbocycles. The molecule has 2 nitrogen and oxygen atoms in total. The number of ether oxygens (including phenoxy) is 1. The Labute approximate surface area is 57.5 Å². The SMILES string of the molecule is CCOC=CC(=O)C(F)F. The van der Waals surface area contributed by atoms with Gasteiger partial charge in [-0.25, -0.2) is 8.78 Å². The van der Waals surface area contributed by atoms with Gasteiger partial charge in [-0.15, -0.1) is 0 Å². The van der Waals surface area contributed by atoms with Crippen LogP contribution in [0, 0.1) is 0 Å². The van der Waals surface area contributed by atoms with E-state index in [1.807, 2.05) is 0 Å². The molecular formula is C6H8F2O2. The Kier molecular flexibility index (Phi) is 4.45.